The van der Waals surface area contributed by atoms with Crippen LogP contribution in [0.15, 0.2) is 56.4 Å². The van der Waals surface area contributed by atoms with E-state index in [-0.39, 0.29) is 29.3 Å². The Morgan fingerprint density at radius 2 is 1.12 bits per heavy atom. The fraction of sp³-hybridized carbons (Fsp3) is 0.222. The van der Waals surface area contributed by atoms with Crippen LogP contribution in [-0.2, 0) is 52.8 Å². The van der Waals surface area contributed by atoms with Crippen LogP contribution in [0.3, 0.4) is 0 Å². The van der Waals surface area contributed by atoms with Gasteiger partial charge < -0.3 is 18.2 Å². The summed E-state index contributed by atoms with van der Waals surface area (Å²) in [5.74, 6) is 0. The van der Waals surface area contributed by atoms with E-state index in [1.54, 1.807) is 12.1 Å². The number of hydrogen-bond donors (Lipinski definition) is 0. The zero-order chi connectivity index (χ0) is 23.3. The van der Waals surface area contributed by atoms with E-state index in [0.29, 0.717) is 32.1 Å². The summed E-state index contributed by atoms with van der Waals surface area (Å²) < 4.78 is 72.9. The molecule has 10 nitrogen and oxygen atoms in total. The van der Waals surface area contributed by atoms with E-state index < -0.39 is 20.2 Å². The molecule has 0 bridgehead atoms. The van der Waals surface area contributed by atoms with Crippen molar-refractivity contribution in [1.82, 2.24) is 9.13 Å². The summed E-state index contributed by atoms with van der Waals surface area (Å²) in [7, 11) is -9.14. The van der Waals surface area contributed by atoms with Gasteiger partial charge >= 0.3 is 19.5 Å². The van der Waals surface area contributed by atoms with Crippen LogP contribution in [0.1, 0.15) is 13.8 Å². The van der Waals surface area contributed by atoms with E-state index in [9.17, 15) is 25.9 Å². The Morgan fingerprint density at radius 1 is 0.758 bits per heavy atom. The topological polar surface area (TPSA) is 149 Å². The summed E-state index contributed by atoms with van der Waals surface area (Å²) in [5.41, 5.74) is 1.45. The van der Waals surface area contributed by atoms with Gasteiger partial charge in [-0.15, -0.1) is 10.2 Å². The Balaban J connectivity index is 0.00000306. The van der Waals surface area contributed by atoms with Crippen molar-refractivity contribution in [3.05, 3.63) is 46.0 Å². The molecule has 0 fully saturated rings. The molecular weight excluding hydrogens is 562 g/mol. The van der Waals surface area contributed by atoms with Crippen LogP contribution in [0.4, 0.5) is 0 Å². The maximum Gasteiger partial charge on any atom is 2.00 e. The normalized spacial score (nSPS) is 13.7. The summed E-state index contributed by atoms with van der Waals surface area (Å²) in [4.78, 5) is 0.391. The smallest absolute Gasteiger partial charge is 0.744 e. The average Bonchev–Trinajstić information content (AvgIpc) is 3.26. The maximum absolute atomic E-state index is 11.3. The molecule has 0 atom stereocenters. The van der Waals surface area contributed by atoms with Gasteiger partial charge in [-0.3, -0.25) is 0 Å². The van der Waals surface area contributed by atoms with Gasteiger partial charge in [0.25, 0.3) is 0 Å². The molecule has 0 aliphatic carbocycles. The molecule has 0 saturated carbocycles. The summed E-state index contributed by atoms with van der Waals surface area (Å²) in [6, 6.07) is 8.31. The van der Waals surface area contributed by atoms with Crippen molar-refractivity contribution in [2.24, 2.45) is 10.2 Å². The largest absolute Gasteiger partial charge is 2.00 e. The van der Waals surface area contributed by atoms with Gasteiger partial charge in [0.1, 0.15) is 20.2 Å². The molecule has 4 aromatic rings. The number of thiazole rings is 2. The molecule has 2 heterocycles. The van der Waals surface area contributed by atoms with E-state index in [2.05, 4.69) is 10.2 Å². The second-order valence-electron chi connectivity index (χ2n) is 6.63. The molecule has 0 radical (unpaired) electrons. The average molecular weight is 578 g/mol. The quantitative estimate of drug-likeness (QED) is 0.201. The molecule has 15 heteroatoms. The van der Waals surface area contributed by atoms with Crippen LogP contribution in [0.25, 0.3) is 20.4 Å². The fourth-order valence-corrected chi connectivity index (χ4v) is 6.58. The molecule has 0 N–H and O–H groups in total. The first-order valence-electron chi connectivity index (χ1n) is 9.29. The second kappa shape index (κ2) is 9.49. The van der Waals surface area contributed by atoms with Gasteiger partial charge in [-0.1, -0.05) is 22.7 Å². The molecular formula is C18H16N4O6S4Zn. The summed E-state index contributed by atoms with van der Waals surface area (Å²) in [6.07, 6.45) is 0. The van der Waals surface area contributed by atoms with Crippen LogP contribution in [0.5, 0.6) is 0 Å². The third-order valence-electron chi connectivity index (χ3n) is 4.74. The van der Waals surface area contributed by atoms with E-state index in [4.69, 9.17) is 0 Å². The van der Waals surface area contributed by atoms with Gasteiger partial charge in [0.2, 0.25) is 9.60 Å². The van der Waals surface area contributed by atoms with Crippen molar-refractivity contribution in [2.45, 2.75) is 36.7 Å². The monoisotopic (exact) mass is 576 g/mol. The number of aromatic nitrogens is 2. The minimum absolute atomic E-state index is 0. The fourth-order valence-electron chi connectivity index (χ4n) is 3.27. The standard InChI is InChI=1S/C18H18N4O6S4.Zn/c1-3-21-13-7-5-11(31(23,24)25)9-15(13)29-17(21)19-20-18-22(4-2)14-8-6-12(32(26,27)28)10-16(14)30-18;/h5-10H,3-4H2,1-2H3,(H,23,24,25)(H,26,27,28);/q;+2/p-2. The van der Waals surface area contributed by atoms with Gasteiger partial charge in [-0.2, -0.15) is 0 Å². The Labute approximate surface area is 209 Å². The minimum atomic E-state index is -4.57. The number of aryl methyl sites for hydroxylation is 2. The molecule has 170 valence electrons. The molecule has 0 saturated heterocycles. The first-order chi connectivity index (χ1) is 15.0. The third-order valence-corrected chi connectivity index (χ3v) is 8.46. The number of rotatable bonds is 5. The third kappa shape index (κ3) is 5.04. The van der Waals surface area contributed by atoms with Gasteiger partial charge in [-0.25, -0.2) is 16.8 Å². The van der Waals surface area contributed by atoms with E-state index >= 15 is 0 Å². The summed E-state index contributed by atoms with van der Waals surface area (Å²) in [6.45, 7) is 4.89. The maximum atomic E-state index is 11.3. The van der Waals surface area contributed by atoms with Gasteiger partial charge in [0.05, 0.1) is 30.2 Å². The van der Waals surface area contributed by atoms with Crippen LogP contribution in [0, 0.1) is 0 Å². The Hall–Kier alpha value is -1.74. The zero-order valence-electron chi connectivity index (χ0n) is 17.5. The van der Waals surface area contributed by atoms with Crippen molar-refractivity contribution in [3.63, 3.8) is 0 Å². The molecule has 0 amide bonds. The first-order valence-corrected chi connectivity index (χ1v) is 13.7. The van der Waals surface area contributed by atoms with Gasteiger partial charge in [-0.05, 0) is 50.2 Å². The number of nitrogens with zero attached hydrogens (tertiary/aromatic N) is 4. The van der Waals surface area contributed by atoms with E-state index in [1.807, 2.05) is 23.0 Å². The molecule has 33 heavy (non-hydrogen) atoms. The van der Waals surface area contributed by atoms with Crippen LogP contribution in [0.2, 0.25) is 0 Å². The molecule has 4 rings (SSSR count). The SMILES string of the molecule is CCn1c(=NN=c2sc3cc(S(=O)(=O)[O-])ccc3n2CC)sc2cc(S(=O)(=O)[O-])ccc21.[Zn+2]. The minimum Gasteiger partial charge on any atom is -0.744 e. The predicted molar refractivity (Wildman–Crippen MR) is 118 cm³/mol. The zero-order valence-corrected chi connectivity index (χ0v) is 23.7. The number of benzene rings is 2. The summed E-state index contributed by atoms with van der Waals surface area (Å²) >= 11 is 2.40. The van der Waals surface area contributed by atoms with Crippen LogP contribution < -0.4 is 9.60 Å². The molecule has 2 aromatic heterocycles. The molecule has 0 aliphatic heterocycles. The van der Waals surface area contributed by atoms with Gasteiger partial charge in [0.15, 0.2) is 0 Å². The molecule has 0 aliphatic rings. The van der Waals surface area contributed by atoms with Gasteiger partial charge in [0, 0.05) is 13.1 Å². The van der Waals surface area contributed by atoms with E-state index in [0.717, 1.165) is 11.0 Å². The Morgan fingerprint density at radius 3 is 1.42 bits per heavy atom. The van der Waals surface area contributed by atoms with E-state index in [1.165, 1.54) is 46.9 Å². The predicted octanol–water partition coefficient (Wildman–Crippen LogP) is 1.98. The van der Waals surface area contributed by atoms with Crippen molar-refractivity contribution in [2.75, 3.05) is 0 Å². The first kappa shape index (κ1) is 25.9. The van der Waals surface area contributed by atoms with Crippen molar-refractivity contribution in [3.8, 4) is 0 Å². The van der Waals surface area contributed by atoms with Crippen LogP contribution in [-0.4, -0.2) is 35.1 Å². The Bertz CT molecular complexity index is 1580. The van der Waals surface area contributed by atoms with Crippen molar-refractivity contribution >= 4 is 63.3 Å². The number of fused-ring (bicyclic) bond motifs is 2. The van der Waals surface area contributed by atoms with Crippen molar-refractivity contribution < 1.29 is 45.4 Å². The summed E-state index contributed by atoms with van der Waals surface area (Å²) in [5, 5.41) is 8.68. The van der Waals surface area contributed by atoms with Crippen molar-refractivity contribution in [1.29, 1.82) is 0 Å². The molecule has 0 spiro atoms. The number of hydrogen-bond acceptors (Lipinski definition) is 10. The molecule has 2 aromatic carbocycles. The molecule has 0 unspecified atom stereocenters. The van der Waals surface area contributed by atoms with Crippen LogP contribution >= 0.6 is 22.7 Å². The second-order valence-corrected chi connectivity index (χ2v) is 11.4. The Kier molecular flexibility index (Phi) is 7.44.